The number of esters is 1. The van der Waals surface area contributed by atoms with Gasteiger partial charge >= 0.3 is 5.97 Å². The molecule has 1 aromatic carbocycles. The second-order valence-corrected chi connectivity index (χ2v) is 7.55. The van der Waals surface area contributed by atoms with Crippen molar-refractivity contribution < 1.29 is 14.3 Å². The predicted molar refractivity (Wildman–Crippen MR) is 110 cm³/mol. The van der Waals surface area contributed by atoms with Gasteiger partial charge in [-0.3, -0.25) is 9.59 Å². The molecule has 0 saturated carbocycles. The average Bonchev–Trinajstić information content (AvgIpc) is 2.74. The number of benzene rings is 1. The second kappa shape index (κ2) is 10.0. The van der Waals surface area contributed by atoms with Gasteiger partial charge in [-0.05, 0) is 38.3 Å². The maximum Gasteiger partial charge on any atom is 0.308 e. The number of hydrogen-bond donors (Lipinski definition) is 1. The zero-order valence-electron chi connectivity index (χ0n) is 17.0. The fourth-order valence-electron chi connectivity index (χ4n) is 3.53. The van der Waals surface area contributed by atoms with Crippen LogP contribution in [0.25, 0.3) is 0 Å². The van der Waals surface area contributed by atoms with Crippen LogP contribution in [0.4, 0.5) is 5.95 Å². The van der Waals surface area contributed by atoms with Crippen LogP contribution in [0.2, 0.25) is 0 Å². The first-order valence-electron chi connectivity index (χ1n) is 10.1. The third-order valence-electron chi connectivity index (χ3n) is 4.88. The first-order valence-corrected chi connectivity index (χ1v) is 10.1. The molecule has 2 heterocycles. The van der Waals surface area contributed by atoms with Crippen molar-refractivity contribution in [3.05, 3.63) is 54.4 Å². The van der Waals surface area contributed by atoms with E-state index in [4.69, 9.17) is 4.74 Å². The summed E-state index contributed by atoms with van der Waals surface area (Å²) in [6, 6.07) is 10.9. The lowest BCUT2D eigenvalue weighted by Crippen LogP contribution is -2.44. The number of aromatic nitrogens is 2. The summed E-state index contributed by atoms with van der Waals surface area (Å²) in [7, 11) is 0. The monoisotopic (exact) mass is 396 g/mol. The fraction of sp³-hybridized carbons (Fsp3) is 0.455. The van der Waals surface area contributed by atoms with Crippen molar-refractivity contribution >= 4 is 17.8 Å². The summed E-state index contributed by atoms with van der Waals surface area (Å²) in [5.74, 6) is 0.0824. The summed E-state index contributed by atoms with van der Waals surface area (Å²) in [6.45, 7) is 5.02. The highest BCUT2D eigenvalue weighted by atomic mass is 16.5. The second-order valence-electron chi connectivity index (χ2n) is 7.55. The Kier molecular flexibility index (Phi) is 7.16. The molecule has 1 saturated heterocycles. The summed E-state index contributed by atoms with van der Waals surface area (Å²) in [5, 5.41) is 3.07. The quantitative estimate of drug-likeness (QED) is 0.725. The van der Waals surface area contributed by atoms with Crippen LogP contribution in [-0.2, 0) is 14.3 Å². The number of rotatable bonds is 7. The normalized spacial score (nSPS) is 17.6. The third kappa shape index (κ3) is 6.01. The Balaban J connectivity index is 1.68. The first kappa shape index (κ1) is 20.8. The molecule has 0 aliphatic carbocycles. The van der Waals surface area contributed by atoms with Gasteiger partial charge in [0.25, 0.3) is 0 Å². The van der Waals surface area contributed by atoms with Gasteiger partial charge in [-0.15, -0.1) is 0 Å². The van der Waals surface area contributed by atoms with Crippen LogP contribution < -0.4 is 10.2 Å². The van der Waals surface area contributed by atoms with E-state index in [2.05, 4.69) is 15.3 Å². The molecule has 7 heteroatoms. The van der Waals surface area contributed by atoms with Crippen LogP contribution in [0.1, 0.15) is 44.7 Å². The van der Waals surface area contributed by atoms with Gasteiger partial charge in [0.2, 0.25) is 11.9 Å². The molecular weight excluding hydrogens is 368 g/mol. The van der Waals surface area contributed by atoms with Gasteiger partial charge in [0.1, 0.15) is 0 Å². The Morgan fingerprint density at radius 1 is 1.17 bits per heavy atom. The van der Waals surface area contributed by atoms with Crippen molar-refractivity contribution in [2.45, 2.75) is 45.3 Å². The molecule has 0 bridgehead atoms. The summed E-state index contributed by atoms with van der Waals surface area (Å²) in [5.41, 5.74) is 0.889. The average molecular weight is 396 g/mol. The van der Waals surface area contributed by atoms with Crippen LogP contribution in [0, 0.1) is 5.92 Å². The fourth-order valence-corrected chi connectivity index (χ4v) is 3.53. The van der Waals surface area contributed by atoms with Crippen molar-refractivity contribution in [2.75, 3.05) is 18.0 Å². The molecule has 1 fully saturated rings. The molecule has 1 amide bonds. The number of nitrogens with one attached hydrogen (secondary N) is 1. The lowest BCUT2D eigenvalue weighted by atomic mass is 9.95. The Bertz CT molecular complexity index is 798. The molecule has 1 N–H and O–H groups in total. The molecule has 2 atom stereocenters. The van der Waals surface area contributed by atoms with Crippen molar-refractivity contribution in [3.63, 3.8) is 0 Å². The number of anilines is 1. The number of nitrogens with zero attached hydrogens (tertiary/aromatic N) is 3. The van der Waals surface area contributed by atoms with Gasteiger partial charge in [0.05, 0.1) is 24.5 Å². The highest BCUT2D eigenvalue weighted by Crippen LogP contribution is 2.23. The maximum absolute atomic E-state index is 13.0. The maximum atomic E-state index is 13.0. The van der Waals surface area contributed by atoms with E-state index < -0.39 is 6.04 Å². The van der Waals surface area contributed by atoms with Gasteiger partial charge in [-0.2, -0.15) is 0 Å². The lowest BCUT2D eigenvalue weighted by molar-refractivity contribution is -0.148. The van der Waals surface area contributed by atoms with Crippen LogP contribution >= 0.6 is 0 Å². The molecule has 154 valence electrons. The van der Waals surface area contributed by atoms with Gasteiger partial charge in [0, 0.05) is 25.5 Å². The van der Waals surface area contributed by atoms with Crippen LogP contribution in [-0.4, -0.2) is 41.0 Å². The van der Waals surface area contributed by atoms with Gasteiger partial charge in [-0.25, -0.2) is 9.97 Å². The predicted octanol–water partition coefficient (Wildman–Crippen LogP) is 2.89. The van der Waals surface area contributed by atoms with E-state index in [1.165, 1.54) is 0 Å². The molecule has 0 radical (unpaired) electrons. The van der Waals surface area contributed by atoms with E-state index in [0.717, 1.165) is 24.9 Å². The molecule has 0 spiro atoms. The SMILES string of the molecule is CC(C)OC(=O)CC(NC(=O)C1CCCN(c2ncccn2)C1)c1ccccc1. The molecule has 1 aromatic heterocycles. The van der Waals surface area contributed by atoms with Crippen LogP contribution in [0.3, 0.4) is 0 Å². The van der Waals surface area contributed by atoms with E-state index >= 15 is 0 Å². The molecule has 1 aliphatic rings. The van der Waals surface area contributed by atoms with Gasteiger partial charge < -0.3 is 15.0 Å². The standard InChI is InChI=1S/C22H28N4O3/c1-16(2)29-20(27)14-19(17-8-4-3-5-9-17)25-21(28)18-10-6-13-26(15-18)22-23-11-7-12-24-22/h3-5,7-9,11-12,16,18-19H,6,10,13-15H2,1-2H3,(H,25,28). The Labute approximate surface area is 171 Å². The molecule has 3 rings (SSSR count). The minimum Gasteiger partial charge on any atom is -0.463 e. The third-order valence-corrected chi connectivity index (χ3v) is 4.88. The van der Waals surface area contributed by atoms with Gasteiger partial charge in [-0.1, -0.05) is 30.3 Å². The van der Waals surface area contributed by atoms with Crippen LogP contribution in [0.5, 0.6) is 0 Å². The van der Waals surface area contributed by atoms with Crippen molar-refractivity contribution in [1.29, 1.82) is 0 Å². The Hall–Kier alpha value is -2.96. The number of piperidine rings is 1. The highest BCUT2D eigenvalue weighted by Gasteiger charge is 2.29. The molecule has 1 aliphatic heterocycles. The number of ether oxygens (including phenoxy) is 1. The van der Waals surface area contributed by atoms with Crippen molar-refractivity contribution in [3.8, 4) is 0 Å². The number of carbonyl (C=O) groups is 2. The smallest absolute Gasteiger partial charge is 0.308 e. The first-order chi connectivity index (χ1) is 14.0. The van der Waals surface area contributed by atoms with E-state index in [0.29, 0.717) is 12.5 Å². The Morgan fingerprint density at radius 2 is 1.90 bits per heavy atom. The summed E-state index contributed by atoms with van der Waals surface area (Å²) < 4.78 is 5.29. The van der Waals surface area contributed by atoms with E-state index in [1.807, 2.05) is 49.1 Å². The summed E-state index contributed by atoms with van der Waals surface area (Å²) >= 11 is 0. The molecule has 29 heavy (non-hydrogen) atoms. The van der Waals surface area contributed by atoms with Gasteiger partial charge in [0.15, 0.2) is 0 Å². The molecule has 7 nitrogen and oxygen atoms in total. The zero-order valence-corrected chi connectivity index (χ0v) is 17.0. The largest absolute Gasteiger partial charge is 0.463 e. The minimum atomic E-state index is -0.418. The summed E-state index contributed by atoms with van der Waals surface area (Å²) in [6.07, 6.45) is 5.02. The Morgan fingerprint density at radius 3 is 2.59 bits per heavy atom. The highest BCUT2D eigenvalue weighted by molar-refractivity contribution is 5.81. The topological polar surface area (TPSA) is 84.4 Å². The van der Waals surface area contributed by atoms with E-state index in [9.17, 15) is 9.59 Å². The lowest BCUT2D eigenvalue weighted by Gasteiger charge is -2.32. The van der Waals surface area contributed by atoms with E-state index in [1.54, 1.807) is 18.5 Å². The number of hydrogen-bond acceptors (Lipinski definition) is 6. The molecular formula is C22H28N4O3. The van der Waals surface area contributed by atoms with Crippen LogP contribution in [0.15, 0.2) is 48.8 Å². The minimum absolute atomic E-state index is 0.0585. The number of amides is 1. The van der Waals surface area contributed by atoms with E-state index in [-0.39, 0.29) is 30.3 Å². The van der Waals surface area contributed by atoms with Crippen molar-refractivity contribution in [1.82, 2.24) is 15.3 Å². The summed E-state index contributed by atoms with van der Waals surface area (Å²) in [4.78, 5) is 35.9. The molecule has 2 aromatic rings. The van der Waals surface area contributed by atoms with Crippen molar-refractivity contribution in [2.24, 2.45) is 5.92 Å². The molecule has 2 unspecified atom stereocenters. The zero-order chi connectivity index (χ0) is 20.6. The number of carbonyl (C=O) groups excluding carboxylic acids is 2.